The number of carbonyl (C=O) groups is 1. The molecule has 5 nitrogen and oxygen atoms in total. The highest BCUT2D eigenvalue weighted by molar-refractivity contribution is 5.88. The molecule has 22 heavy (non-hydrogen) atoms. The van der Waals surface area contributed by atoms with Crippen LogP contribution in [0.3, 0.4) is 0 Å². The summed E-state index contributed by atoms with van der Waals surface area (Å²) in [6.07, 6.45) is 3.46. The molecule has 3 aromatic rings. The predicted octanol–water partition coefficient (Wildman–Crippen LogP) is 3.45. The van der Waals surface area contributed by atoms with Crippen LogP contribution in [0.4, 0.5) is 0 Å². The number of fused-ring (bicyclic) bond motifs is 1. The monoisotopic (exact) mass is 299 g/mol. The topological polar surface area (TPSA) is 64.6 Å². The van der Waals surface area contributed by atoms with Crippen LogP contribution in [0.15, 0.2) is 51.7 Å². The van der Waals surface area contributed by atoms with Crippen molar-refractivity contribution >= 4 is 16.9 Å². The average molecular weight is 299 g/mol. The zero-order valence-corrected chi connectivity index (χ0v) is 12.5. The van der Waals surface area contributed by atoms with Gasteiger partial charge in [-0.15, -0.1) is 0 Å². The van der Waals surface area contributed by atoms with Gasteiger partial charge in [-0.05, 0) is 31.2 Å². The number of nitrogens with one attached hydrogen (secondary N) is 1. The van der Waals surface area contributed by atoms with Crippen molar-refractivity contribution in [2.75, 3.05) is 7.11 Å². The summed E-state index contributed by atoms with van der Waals surface area (Å²) in [5, 5.41) is 3.83. The molecule has 0 radical (unpaired) electrons. The van der Waals surface area contributed by atoms with Crippen LogP contribution in [0.25, 0.3) is 11.0 Å². The van der Waals surface area contributed by atoms with E-state index in [0.29, 0.717) is 5.58 Å². The maximum absolute atomic E-state index is 12.2. The number of benzene rings is 1. The highest BCUT2D eigenvalue weighted by Gasteiger charge is 2.15. The van der Waals surface area contributed by atoms with Crippen LogP contribution in [-0.2, 0) is 11.2 Å². The van der Waals surface area contributed by atoms with Gasteiger partial charge in [0.15, 0.2) is 0 Å². The number of hydrogen-bond donors (Lipinski definition) is 1. The molecular formula is C17H17NO4. The minimum Gasteiger partial charge on any atom is -0.497 e. The Kier molecular flexibility index (Phi) is 3.87. The summed E-state index contributed by atoms with van der Waals surface area (Å²) in [6.45, 7) is 1.88. The molecule has 1 atom stereocenters. The van der Waals surface area contributed by atoms with Gasteiger partial charge >= 0.3 is 0 Å². The van der Waals surface area contributed by atoms with Gasteiger partial charge in [-0.1, -0.05) is 0 Å². The van der Waals surface area contributed by atoms with Crippen LogP contribution in [0.1, 0.15) is 24.3 Å². The Bertz CT molecular complexity index is 773. The van der Waals surface area contributed by atoms with Crippen molar-refractivity contribution in [1.82, 2.24) is 5.32 Å². The molecule has 0 saturated carbocycles. The third-order valence-electron chi connectivity index (χ3n) is 3.56. The number of methoxy groups -OCH3 is 1. The van der Waals surface area contributed by atoms with E-state index in [1.807, 2.05) is 31.2 Å². The third kappa shape index (κ3) is 2.83. The van der Waals surface area contributed by atoms with E-state index in [1.165, 1.54) is 0 Å². The zero-order chi connectivity index (χ0) is 15.5. The van der Waals surface area contributed by atoms with E-state index in [2.05, 4.69) is 5.32 Å². The first-order chi connectivity index (χ1) is 10.7. The summed E-state index contributed by atoms with van der Waals surface area (Å²) in [5.41, 5.74) is 1.56. The normalized spacial score (nSPS) is 12.3. The lowest BCUT2D eigenvalue weighted by molar-refractivity contribution is -0.121. The van der Waals surface area contributed by atoms with Crippen molar-refractivity contribution in [3.8, 4) is 5.75 Å². The van der Waals surface area contributed by atoms with Crippen molar-refractivity contribution in [2.24, 2.45) is 0 Å². The average Bonchev–Trinajstić information content (AvgIpc) is 3.16. The van der Waals surface area contributed by atoms with Gasteiger partial charge in [-0.2, -0.15) is 0 Å². The molecule has 114 valence electrons. The maximum atomic E-state index is 12.2. The van der Waals surface area contributed by atoms with E-state index >= 15 is 0 Å². The fraction of sp³-hybridized carbons (Fsp3) is 0.235. The number of ether oxygens (including phenoxy) is 1. The first kappa shape index (κ1) is 14.3. The standard InChI is InChI=1S/C17H17NO4/c1-11(15-4-3-7-21-15)18-17(19)8-12-10-22-16-9-13(20-2)5-6-14(12)16/h3-7,9-11H,8H2,1-2H3,(H,18,19). The lowest BCUT2D eigenvalue weighted by Crippen LogP contribution is -2.27. The molecule has 0 aliphatic carbocycles. The Morgan fingerprint density at radius 2 is 2.18 bits per heavy atom. The highest BCUT2D eigenvalue weighted by atomic mass is 16.5. The quantitative estimate of drug-likeness (QED) is 0.783. The van der Waals surface area contributed by atoms with Crippen molar-refractivity contribution in [3.05, 3.63) is 54.2 Å². The summed E-state index contributed by atoms with van der Waals surface area (Å²) < 4.78 is 15.9. The Morgan fingerprint density at radius 3 is 2.91 bits per heavy atom. The summed E-state index contributed by atoms with van der Waals surface area (Å²) in [5.74, 6) is 1.38. The molecule has 1 aromatic carbocycles. The lowest BCUT2D eigenvalue weighted by atomic mass is 10.1. The Morgan fingerprint density at radius 1 is 1.32 bits per heavy atom. The smallest absolute Gasteiger partial charge is 0.225 e. The molecule has 0 spiro atoms. The molecular weight excluding hydrogens is 282 g/mol. The molecule has 2 aromatic heterocycles. The van der Waals surface area contributed by atoms with Gasteiger partial charge in [0.05, 0.1) is 32.1 Å². The van der Waals surface area contributed by atoms with E-state index in [1.54, 1.807) is 25.7 Å². The predicted molar refractivity (Wildman–Crippen MR) is 81.7 cm³/mol. The highest BCUT2D eigenvalue weighted by Crippen LogP contribution is 2.26. The number of amides is 1. The van der Waals surface area contributed by atoms with Crippen LogP contribution < -0.4 is 10.1 Å². The summed E-state index contributed by atoms with van der Waals surface area (Å²) in [4.78, 5) is 12.2. The Hall–Kier alpha value is -2.69. The number of rotatable bonds is 5. The van der Waals surface area contributed by atoms with Gasteiger partial charge in [0.2, 0.25) is 5.91 Å². The minimum atomic E-state index is -0.166. The van der Waals surface area contributed by atoms with Gasteiger partial charge in [0.25, 0.3) is 0 Å². The zero-order valence-electron chi connectivity index (χ0n) is 12.5. The van der Waals surface area contributed by atoms with Gasteiger partial charge in [-0.3, -0.25) is 4.79 Å². The summed E-state index contributed by atoms with van der Waals surface area (Å²) in [7, 11) is 1.61. The molecule has 0 saturated heterocycles. The van der Waals surface area contributed by atoms with E-state index in [-0.39, 0.29) is 18.4 Å². The van der Waals surface area contributed by atoms with E-state index < -0.39 is 0 Å². The largest absolute Gasteiger partial charge is 0.497 e. The van der Waals surface area contributed by atoms with Crippen LogP contribution in [-0.4, -0.2) is 13.0 Å². The first-order valence-electron chi connectivity index (χ1n) is 7.04. The van der Waals surface area contributed by atoms with Gasteiger partial charge in [-0.25, -0.2) is 0 Å². The summed E-state index contributed by atoms with van der Waals surface area (Å²) in [6, 6.07) is 9.03. The van der Waals surface area contributed by atoms with Crippen LogP contribution in [0, 0.1) is 0 Å². The van der Waals surface area contributed by atoms with E-state index in [0.717, 1.165) is 22.5 Å². The Balaban J connectivity index is 1.71. The molecule has 2 heterocycles. The number of carbonyl (C=O) groups excluding carboxylic acids is 1. The SMILES string of the molecule is COc1ccc2c(CC(=O)NC(C)c3ccco3)coc2c1. The number of furan rings is 2. The fourth-order valence-corrected chi connectivity index (χ4v) is 2.40. The molecule has 1 unspecified atom stereocenters. The maximum Gasteiger partial charge on any atom is 0.225 e. The second-order valence-corrected chi connectivity index (χ2v) is 5.10. The lowest BCUT2D eigenvalue weighted by Gasteiger charge is -2.10. The Labute approximate surface area is 127 Å². The summed E-state index contributed by atoms with van der Waals surface area (Å²) >= 11 is 0. The van der Waals surface area contributed by atoms with Gasteiger partial charge < -0.3 is 18.9 Å². The van der Waals surface area contributed by atoms with E-state index in [9.17, 15) is 4.79 Å². The molecule has 0 bridgehead atoms. The van der Waals surface area contributed by atoms with Crippen LogP contribution in [0.2, 0.25) is 0 Å². The fourth-order valence-electron chi connectivity index (χ4n) is 2.40. The minimum absolute atomic E-state index is 0.0811. The van der Waals surface area contributed by atoms with Crippen molar-refractivity contribution in [3.63, 3.8) is 0 Å². The van der Waals surface area contributed by atoms with Crippen molar-refractivity contribution < 1.29 is 18.4 Å². The molecule has 1 amide bonds. The number of hydrogen-bond acceptors (Lipinski definition) is 4. The van der Waals surface area contributed by atoms with Crippen LogP contribution >= 0.6 is 0 Å². The van der Waals surface area contributed by atoms with Crippen molar-refractivity contribution in [1.29, 1.82) is 0 Å². The molecule has 0 aliphatic heterocycles. The molecule has 5 heteroatoms. The van der Waals surface area contributed by atoms with Gasteiger partial charge in [0.1, 0.15) is 17.1 Å². The first-order valence-corrected chi connectivity index (χ1v) is 7.04. The van der Waals surface area contributed by atoms with Crippen molar-refractivity contribution in [2.45, 2.75) is 19.4 Å². The van der Waals surface area contributed by atoms with Gasteiger partial charge in [0, 0.05) is 17.0 Å². The second kappa shape index (κ2) is 5.97. The third-order valence-corrected chi connectivity index (χ3v) is 3.56. The molecule has 0 fully saturated rings. The van der Waals surface area contributed by atoms with Crippen LogP contribution in [0.5, 0.6) is 5.75 Å². The van der Waals surface area contributed by atoms with E-state index in [4.69, 9.17) is 13.6 Å². The molecule has 3 rings (SSSR count). The second-order valence-electron chi connectivity index (χ2n) is 5.10. The molecule has 1 N–H and O–H groups in total. The molecule has 0 aliphatic rings.